The first-order chi connectivity index (χ1) is 27.8. The highest BCUT2D eigenvalue weighted by atomic mass is 16.7. The van der Waals surface area contributed by atoms with Gasteiger partial charge in [0.15, 0.2) is 24.7 Å². The molecule has 4 aliphatic carbocycles. The topological polar surface area (TPSA) is 215 Å². The highest BCUT2D eigenvalue weighted by molar-refractivity contribution is 5.18. The fourth-order valence-corrected chi connectivity index (χ4v) is 14.3. The van der Waals surface area contributed by atoms with Crippen LogP contribution in [0.25, 0.3) is 0 Å². The number of hydrogen-bond donors (Lipinski definition) is 7. The van der Waals surface area contributed by atoms with Gasteiger partial charge in [0, 0.05) is 31.1 Å². The number of hydrogen-bond acceptors (Lipinski definition) is 15. The summed E-state index contributed by atoms with van der Waals surface area (Å²) in [6, 6.07) is 0. The van der Waals surface area contributed by atoms with Crippen LogP contribution in [0.1, 0.15) is 104 Å². The van der Waals surface area contributed by atoms with E-state index in [1.54, 1.807) is 0 Å². The van der Waals surface area contributed by atoms with E-state index in [2.05, 4.69) is 20.8 Å². The Labute approximate surface area is 341 Å². The highest BCUT2D eigenvalue weighted by Crippen LogP contribution is 2.71. The maximum atomic E-state index is 12.1. The molecule has 5 heterocycles. The minimum Gasteiger partial charge on any atom is -0.394 e. The predicted octanol–water partition coefficient (Wildman–Crippen LogP) is 1.72. The molecule has 0 amide bonds. The standard InChI is InChI=1S/C43H70O15/c1-21-31-38(58-43(21)11-4-5-14-52-43)34(48)32-26-7-6-22-16-23(8-12-41(22,2)27(26)9-13-42(31,32)3)54-40-36(50)35(49)37(29(20-45)56-40)57-30-18-24(17-25(19-44)53-30)55-39-33(47)28(46)10-15-51-39/h21-40,44-50H,4-20H2,1-3H3/t21-,22-,23-,24-,25-,26+,27?,28-,29+,30?,31?,32+,33+,34-,35+,36+,37-,38+,39-,40?,41-,42+,43+/m0/s1. The fraction of sp³-hybridized carbons (Fsp3) is 1.00. The molecule has 0 bridgehead atoms. The maximum Gasteiger partial charge on any atom is 0.186 e. The Balaban J connectivity index is 0.814. The summed E-state index contributed by atoms with van der Waals surface area (Å²) in [7, 11) is 0. The summed E-state index contributed by atoms with van der Waals surface area (Å²) in [5.74, 6) is 1.52. The number of aliphatic hydroxyl groups is 7. The Kier molecular flexibility index (Phi) is 12.2. The van der Waals surface area contributed by atoms with E-state index >= 15 is 0 Å². The van der Waals surface area contributed by atoms with Crippen molar-refractivity contribution in [1.29, 1.82) is 0 Å². The molecular weight excluding hydrogens is 756 g/mol. The molecule has 4 unspecified atom stereocenters. The van der Waals surface area contributed by atoms with Crippen LogP contribution >= 0.6 is 0 Å². The van der Waals surface area contributed by atoms with Gasteiger partial charge in [0.25, 0.3) is 0 Å². The molecule has 23 atom stereocenters. The van der Waals surface area contributed by atoms with Gasteiger partial charge in [-0.1, -0.05) is 20.8 Å². The van der Waals surface area contributed by atoms with Crippen LogP contribution in [0.5, 0.6) is 0 Å². The SMILES string of the molecule is C[C@H]1C2[C@@H](O[C@]13CCCCO3)[C@@H](O)[C@H]1[C@@H]3CC[C@H]4C[C@@H](OC5O[C@H](CO)[C@H](OC6C[C@@H](O[C@@H]7OCC[C@H](O)[C@H]7O)C[C@@H](CO)O6)[C@H](O)[C@H]5O)CC[C@]4(C)C3CC[C@]21C. The van der Waals surface area contributed by atoms with Crippen molar-refractivity contribution in [2.75, 3.05) is 26.4 Å². The lowest BCUT2D eigenvalue weighted by Gasteiger charge is -2.61. The molecular formula is C43H70O15. The van der Waals surface area contributed by atoms with Crippen LogP contribution in [-0.2, 0) is 37.9 Å². The van der Waals surface area contributed by atoms with Crippen LogP contribution in [-0.4, -0.2) is 154 Å². The van der Waals surface area contributed by atoms with Crippen molar-refractivity contribution in [3.63, 3.8) is 0 Å². The third-order valence-corrected chi connectivity index (χ3v) is 17.2. The second-order valence-corrected chi connectivity index (χ2v) is 20.2. The number of aliphatic hydroxyl groups excluding tert-OH is 7. The van der Waals surface area contributed by atoms with Gasteiger partial charge in [-0.15, -0.1) is 0 Å². The van der Waals surface area contributed by atoms with E-state index in [-0.39, 0.29) is 73.3 Å². The molecule has 9 fully saturated rings. The van der Waals surface area contributed by atoms with Gasteiger partial charge in [0.1, 0.15) is 30.5 Å². The summed E-state index contributed by atoms with van der Waals surface area (Å²) < 4.78 is 49.4. The maximum absolute atomic E-state index is 12.1. The van der Waals surface area contributed by atoms with Crippen molar-refractivity contribution in [3.05, 3.63) is 0 Å². The minimum absolute atomic E-state index is 0.00961. The lowest BCUT2D eigenvalue weighted by molar-refractivity contribution is -0.350. The number of ether oxygens (including phenoxy) is 8. The van der Waals surface area contributed by atoms with Gasteiger partial charge in [0.2, 0.25) is 0 Å². The summed E-state index contributed by atoms with van der Waals surface area (Å²) in [5, 5.41) is 75.7. The van der Waals surface area contributed by atoms with Gasteiger partial charge in [-0.25, -0.2) is 0 Å². The third-order valence-electron chi connectivity index (χ3n) is 17.2. The Hall–Kier alpha value is -0.600. The molecule has 4 saturated carbocycles. The molecule has 9 rings (SSSR count). The predicted molar refractivity (Wildman–Crippen MR) is 202 cm³/mol. The first-order valence-electron chi connectivity index (χ1n) is 22.6. The van der Waals surface area contributed by atoms with E-state index in [4.69, 9.17) is 37.9 Å². The summed E-state index contributed by atoms with van der Waals surface area (Å²) in [4.78, 5) is 0. The smallest absolute Gasteiger partial charge is 0.186 e. The summed E-state index contributed by atoms with van der Waals surface area (Å²) >= 11 is 0. The van der Waals surface area contributed by atoms with Gasteiger partial charge >= 0.3 is 0 Å². The normalized spacial score (nSPS) is 57.0. The van der Waals surface area contributed by atoms with Crippen molar-refractivity contribution in [1.82, 2.24) is 0 Å². The second-order valence-electron chi connectivity index (χ2n) is 20.2. The first-order valence-corrected chi connectivity index (χ1v) is 22.6. The second kappa shape index (κ2) is 16.5. The van der Waals surface area contributed by atoms with Gasteiger partial charge in [-0.2, -0.15) is 0 Å². The molecule has 9 aliphatic rings. The van der Waals surface area contributed by atoms with Crippen molar-refractivity contribution >= 4 is 0 Å². The molecule has 7 N–H and O–H groups in total. The summed E-state index contributed by atoms with van der Waals surface area (Å²) in [6.07, 6.45) is -2.10. The van der Waals surface area contributed by atoms with Crippen LogP contribution in [0, 0.1) is 46.3 Å². The average Bonchev–Trinajstić information content (AvgIpc) is 3.62. The van der Waals surface area contributed by atoms with Gasteiger partial charge < -0.3 is 73.6 Å². The minimum atomic E-state index is -1.48. The Bertz CT molecular complexity index is 1420. The molecule has 332 valence electrons. The van der Waals surface area contributed by atoms with Gasteiger partial charge in [-0.05, 0) is 98.7 Å². The van der Waals surface area contributed by atoms with E-state index in [0.717, 1.165) is 70.8 Å². The summed E-state index contributed by atoms with van der Waals surface area (Å²) in [5.41, 5.74) is 0.102. The largest absolute Gasteiger partial charge is 0.394 e. The van der Waals surface area contributed by atoms with E-state index < -0.39 is 86.2 Å². The molecule has 15 heteroatoms. The van der Waals surface area contributed by atoms with E-state index in [9.17, 15) is 35.7 Å². The van der Waals surface area contributed by atoms with Crippen molar-refractivity contribution < 1.29 is 73.6 Å². The van der Waals surface area contributed by atoms with E-state index in [1.165, 1.54) is 0 Å². The zero-order valence-electron chi connectivity index (χ0n) is 34.5. The molecule has 58 heavy (non-hydrogen) atoms. The van der Waals surface area contributed by atoms with E-state index in [0.29, 0.717) is 17.8 Å². The van der Waals surface area contributed by atoms with Crippen molar-refractivity contribution in [3.8, 4) is 0 Å². The lowest BCUT2D eigenvalue weighted by atomic mass is 9.44. The Morgan fingerprint density at radius 3 is 2.22 bits per heavy atom. The molecule has 0 aromatic heterocycles. The molecule has 5 aliphatic heterocycles. The molecule has 0 aromatic carbocycles. The molecule has 0 radical (unpaired) electrons. The zero-order chi connectivity index (χ0) is 40.7. The Morgan fingerprint density at radius 2 is 1.47 bits per heavy atom. The van der Waals surface area contributed by atoms with Gasteiger partial charge in [-0.3, -0.25) is 0 Å². The molecule has 0 aromatic rings. The van der Waals surface area contributed by atoms with Crippen molar-refractivity contribution in [2.24, 2.45) is 46.3 Å². The van der Waals surface area contributed by atoms with E-state index in [1.807, 2.05) is 0 Å². The first kappa shape index (κ1) is 42.7. The third kappa shape index (κ3) is 7.15. The molecule has 1 spiro atoms. The zero-order valence-corrected chi connectivity index (χ0v) is 34.5. The summed E-state index contributed by atoms with van der Waals surface area (Å²) in [6.45, 7) is 7.31. The number of fused-ring (bicyclic) bond motifs is 7. The fourth-order valence-electron chi connectivity index (χ4n) is 14.3. The van der Waals surface area contributed by atoms with Crippen LogP contribution in [0.3, 0.4) is 0 Å². The van der Waals surface area contributed by atoms with Crippen LogP contribution in [0.4, 0.5) is 0 Å². The monoisotopic (exact) mass is 826 g/mol. The van der Waals surface area contributed by atoms with Crippen molar-refractivity contribution in [2.45, 2.75) is 196 Å². The quantitative estimate of drug-likeness (QED) is 0.174. The average molecular weight is 827 g/mol. The number of rotatable bonds is 8. The highest BCUT2D eigenvalue weighted by Gasteiger charge is 2.72. The van der Waals surface area contributed by atoms with Crippen LogP contribution in [0.2, 0.25) is 0 Å². The van der Waals surface area contributed by atoms with Crippen LogP contribution in [0.15, 0.2) is 0 Å². The lowest BCUT2D eigenvalue weighted by Crippen LogP contribution is -2.62. The van der Waals surface area contributed by atoms with Gasteiger partial charge in [0.05, 0.1) is 63.1 Å². The Morgan fingerprint density at radius 1 is 0.672 bits per heavy atom. The molecule has 15 nitrogen and oxygen atoms in total. The molecule has 5 saturated heterocycles. The van der Waals surface area contributed by atoms with Crippen LogP contribution < -0.4 is 0 Å².